The number of esters is 1. The molecule has 1 unspecified atom stereocenters. The summed E-state index contributed by atoms with van der Waals surface area (Å²) in [5.41, 5.74) is 0.946. The van der Waals surface area contributed by atoms with Gasteiger partial charge in [0.1, 0.15) is 0 Å². The van der Waals surface area contributed by atoms with Crippen molar-refractivity contribution in [1.29, 1.82) is 0 Å². The fourth-order valence-corrected chi connectivity index (χ4v) is 5.58. The van der Waals surface area contributed by atoms with Crippen molar-refractivity contribution in [3.8, 4) is 0 Å². The SMILES string of the molecule is COC(=O)/C=C\C1CC[C@@H](O[Si](C)(C)C(C)(C)C)C[C@H]1c1csc(NC(C)=O)n1. The molecule has 0 saturated heterocycles. The highest BCUT2D eigenvalue weighted by Gasteiger charge is 2.41. The lowest BCUT2D eigenvalue weighted by Crippen LogP contribution is -2.45. The Hall–Kier alpha value is -1.51. The van der Waals surface area contributed by atoms with Crippen LogP contribution in [-0.4, -0.2) is 38.4 Å². The third-order valence-corrected chi connectivity index (χ3v) is 11.3. The molecule has 0 aliphatic heterocycles. The second-order valence-corrected chi connectivity index (χ2v) is 14.8. The standard InChI is InChI=1S/C21H34N2O4SSi/c1-14(24)22-20-23-18(13-28-20)17-12-16(27-29(6,7)21(2,3)4)10-8-15(17)9-11-19(25)26-5/h9,11,13,15-17H,8,10,12H2,1-7H3,(H,22,23,24)/b11-9-/t15?,16-,17-/m1/s1. The molecular weight excluding hydrogens is 404 g/mol. The Kier molecular flexibility index (Phi) is 7.81. The molecule has 8 heteroatoms. The Morgan fingerprint density at radius 2 is 2.00 bits per heavy atom. The summed E-state index contributed by atoms with van der Waals surface area (Å²) < 4.78 is 11.4. The van der Waals surface area contributed by atoms with Crippen molar-refractivity contribution in [2.45, 2.75) is 77.1 Å². The third-order valence-electron chi connectivity index (χ3n) is 5.99. The number of hydrogen-bond acceptors (Lipinski definition) is 6. The normalized spacial score (nSPS) is 23.2. The van der Waals surface area contributed by atoms with Crippen LogP contribution in [0.2, 0.25) is 18.1 Å². The lowest BCUT2D eigenvalue weighted by Gasteiger charge is -2.42. The van der Waals surface area contributed by atoms with E-state index in [1.807, 2.05) is 11.5 Å². The van der Waals surface area contributed by atoms with Gasteiger partial charge in [0, 0.05) is 30.4 Å². The average Bonchev–Trinajstić information content (AvgIpc) is 3.06. The van der Waals surface area contributed by atoms with Gasteiger partial charge in [0.25, 0.3) is 0 Å². The van der Waals surface area contributed by atoms with Gasteiger partial charge in [-0.15, -0.1) is 11.3 Å². The van der Waals surface area contributed by atoms with E-state index in [0.717, 1.165) is 25.0 Å². The highest BCUT2D eigenvalue weighted by molar-refractivity contribution is 7.13. The molecule has 29 heavy (non-hydrogen) atoms. The molecule has 0 aromatic carbocycles. The van der Waals surface area contributed by atoms with Crippen LogP contribution in [0.15, 0.2) is 17.5 Å². The molecule has 0 spiro atoms. The molecule has 6 nitrogen and oxygen atoms in total. The van der Waals surface area contributed by atoms with Crippen molar-refractivity contribution in [1.82, 2.24) is 4.98 Å². The largest absolute Gasteiger partial charge is 0.466 e. The molecule has 1 saturated carbocycles. The van der Waals surface area contributed by atoms with Crippen molar-refractivity contribution in [3.05, 3.63) is 23.2 Å². The van der Waals surface area contributed by atoms with Gasteiger partial charge in [0.05, 0.1) is 12.8 Å². The zero-order valence-corrected chi connectivity index (χ0v) is 20.4. The molecule has 0 bridgehead atoms. The van der Waals surface area contributed by atoms with Crippen LogP contribution in [0.5, 0.6) is 0 Å². The first-order chi connectivity index (χ1) is 13.4. The van der Waals surface area contributed by atoms with Crippen LogP contribution in [0, 0.1) is 5.92 Å². The predicted molar refractivity (Wildman–Crippen MR) is 120 cm³/mol. The lowest BCUT2D eigenvalue weighted by molar-refractivity contribution is -0.134. The molecule has 2 rings (SSSR count). The second-order valence-electron chi connectivity index (χ2n) is 9.22. The fraction of sp³-hybridized carbons (Fsp3) is 0.667. The first-order valence-electron chi connectivity index (χ1n) is 10.1. The number of nitrogens with zero attached hydrogens (tertiary/aromatic N) is 1. The summed E-state index contributed by atoms with van der Waals surface area (Å²) in [6, 6.07) is 0. The smallest absolute Gasteiger partial charge is 0.330 e. The summed E-state index contributed by atoms with van der Waals surface area (Å²) in [7, 11) is -0.487. The highest BCUT2D eigenvalue weighted by atomic mass is 32.1. The van der Waals surface area contributed by atoms with E-state index in [1.54, 1.807) is 0 Å². The Morgan fingerprint density at radius 1 is 1.31 bits per heavy atom. The zero-order chi connectivity index (χ0) is 21.8. The Labute approximate surface area is 179 Å². The molecular formula is C21H34N2O4SSi. The van der Waals surface area contributed by atoms with E-state index in [1.165, 1.54) is 31.4 Å². The molecule has 0 radical (unpaired) electrons. The Balaban J connectivity index is 2.23. The number of ether oxygens (including phenoxy) is 1. The van der Waals surface area contributed by atoms with Crippen LogP contribution in [0.3, 0.4) is 0 Å². The van der Waals surface area contributed by atoms with E-state index in [-0.39, 0.29) is 34.9 Å². The number of hydrogen-bond donors (Lipinski definition) is 1. The number of thiazole rings is 1. The van der Waals surface area contributed by atoms with Crippen molar-refractivity contribution < 1.29 is 18.8 Å². The molecule has 3 atom stereocenters. The summed E-state index contributed by atoms with van der Waals surface area (Å²) in [5, 5.41) is 5.53. The number of carbonyl (C=O) groups is 2. The minimum atomic E-state index is -1.87. The van der Waals surface area contributed by atoms with E-state index in [2.05, 4.69) is 44.2 Å². The van der Waals surface area contributed by atoms with E-state index in [9.17, 15) is 9.59 Å². The highest BCUT2D eigenvalue weighted by Crippen LogP contribution is 2.44. The average molecular weight is 439 g/mol. The van der Waals surface area contributed by atoms with E-state index < -0.39 is 8.32 Å². The number of rotatable bonds is 6. The van der Waals surface area contributed by atoms with Crippen LogP contribution in [0.1, 0.15) is 58.6 Å². The summed E-state index contributed by atoms with van der Waals surface area (Å²) in [6.45, 7) is 12.8. The number of aromatic nitrogens is 1. The van der Waals surface area contributed by atoms with E-state index in [4.69, 9.17) is 9.16 Å². The van der Waals surface area contributed by atoms with Gasteiger partial charge in [-0.3, -0.25) is 4.79 Å². The third kappa shape index (κ3) is 6.49. The number of anilines is 1. The number of methoxy groups -OCH3 is 1. The fourth-order valence-electron chi connectivity index (χ4n) is 3.36. The minimum Gasteiger partial charge on any atom is -0.466 e. The monoisotopic (exact) mass is 438 g/mol. The van der Waals surface area contributed by atoms with Gasteiger partial charge in [-0.05, 0) is 43.3 Å². The maximum atomic E-state index is 11.6. The molecule has 1 heterocycles. The first-order valence-corrected chi connectivity index (χ1v) is 13.9. The van der Waals surface area contributed by atoms with Crippen LogP contribution in [-0.2, 0) is 18.8 Å². The summed E-state index contributed by atoms with van der Waals surface area (Å²) >= 11 is 1.43. The van der Waals surface area contributed by atoms with Crippen LogP contribution in [0.25, 0.3) is 0 Å². The van der Waals surface area contributed by atoms with Gasteiger partial charge in [-0.1, -0.05) is 26.8 Å². The number of amides is 1. The Bertz CT molecular complexity index is 754. The molecule has 1 amide bonds. The molecule has 1 N–H and O–H groups in total. The Morgan fingerprint density at radius 3 is 2.59 bits per heavy atom. The summed E-state index contributed by atoms with van der Waals surface area (Å²) in [4.78, 5) is 27.6. The molecule has 162 valence electrons. The number of allylic oxidation sites excluding steroid dienone is 1. The summed E-state index contributed by atoms with van der Waals surface area (Å²) in [5.74, 6) is -0.157. The van der Waals surface area contributed by atoms with Crippen molar-refractivity contribution in [3.63, 3.8) is 0 Å². The maximum absolute atomic E-state index is 11.6. The molecule has 1 fully saturated rings. The number of carbonyl (C=O) groups excluding carboxylic acids is 2. The topological polar surface area (TPSA) is 77.5 Å². The van der Waals surface area contributed by atoms with Crippen molar-refractivity contribution in [2.24, 2.45) is 5.92 Å². The molecule has 1 aliphatic rings. The predicted octanol–water partition coefficient (Wildman–Crippen LogP) is 5.10. The first kappa shape index (κ1) is 23.8. The van der Waals surface area contributed by atoms with Crippen LogP contribution >= 0.6 is 11.3 Å². The number of nitrogens with one attached hydrogen (secondary N) is 1. The molecule has 1 aromatic rings. The van der Waals surface area contributed by atoms with Crippen LogP contribution < -0.4 is 5.32 Å². The van der Waals surface area contributed by atoms with Gasteiger partial charge >= 0.3 is 5.97 Å². The van der Waals surface area contributed by atoms with Crippen molar-refractivity contribution >= 4 is 36.7 Å². The second kappa shape index (κ2) is 9.53. The van der Waals surface area contributed by atoms with Gasteiger partial charge in [0.15, 0.2) is 13.4 Å². The van der Waals surface area contributed by atoms with Gasteiger partial charge in [0.2, 0.25) is 5.91 Å². The quantitative estimate of drug-likeness (QED) is 0.380. The van der Waals surface area contributed by atoms with Gasteiger partial charge in [-0.2, -0.15) is 0 Å². The van der Waals surface area contributed by atoms with Crippen molar-refractivity contribution in [2.75, 3.05) is 12.4 Å². The summed E-state index contributed by atoms with van der Waals surface area (Å²) in [6.07, 6.45) is 6.36. The minimum absolute atomic E-state index is 0.129. The zero-order valence-electron chi connectivity index (χ0n) is 18.6. The van der Waals surface area contributed by atoms with E-state index >= 15 is 0 Å². The van der Waals surface area contributed by atoms with Gasteiger partial charge in [-0.25, -0.2) is 9.78 Å². The van der Waals surface area contributed by atoms with E-state index in [0.29, 0.717) is 5.13 Å². The van der Waals surface area contributed by atoms with Gasteiger partial charge < -0.3 is 14.5 Å². The van der Waals surface area contributed by atoms with Crippen LogP contribution in [0.4, 0.5) is 5.13 Å². The maximum Gasteiger partial charge on any atom is 0.330 e. The molecule has 1 aliphatic carbocycles. The lowest BCUT2D eigenvalue weighted by atomic mass is 9.76. The molecule has 1 aromatic heterocycles.